The molecule has 2 aromatic rings. The summed E-state index contributed by atoms with van der Waals surface area (Å²) in [5.74, 6) is 0.812. The second kappa shape index (κ2) is 7.57. The predicted molar refractivity (Wildman–Crippen MR) is 96.9 cm³/mol. The van der Waals surface area contributed by atoms with Gasteiger partial charge >= 0.3 is 0 Å². The molecule has 1 fully saturated rings. The lowest BCUT2D eigenvalue weighted by Gasteiger charge is -2.16. The number of nitrogens with one attached hydrogen (secondary N) is 1. The molecule has 0 unspecified atom stereocenters. The Bertz CT molecular complexity index is 718. The van der Waals surface area contributed by atoms with Gasteiger partial charge in [-0.3, -0.25) is 9.59 Å². The van der Waals surface area contributed by atoms with Crippen molar-refractivity contribution in [3.8, 4) is 0 Å². The van der Waals surface area contributed by atoms with Crippen LogP contribution in [0.4, 0.5) is 11.5 Å². The second-order valence-corrected chi connectivity index (χ2v) is 7.27. The fraction of sp³-hybridized carbons (Fsp3) is 0.389. The minimum atomic E-state index is -0.160. The Labute approximate surface area is 145 Å². The number of hydrogen-bond donors (Lipinski definition) is 1. The number of anilines is 2. The number of nitrogens with zero attached hydrogens (tertiary/aromatic N) is 2. The molecule has 0 radical (unpaired) electrons. The maximum atomic E-state index is 12.0. The molecule has 1 aliphatic heterocycles. The Morgan fingerprint density at radius 3 is 2.58 bits per heavy atom. The van der Waals surface area contributed by atoms with Crippen LogP contribution in [0.3, 0.4) is 0 Å². The van der Waals surface area contributed by atoms with Gasteiger partial charge in [-0.05, 0) is 44.0 Å². The van der Waals surface area contributed by atoms with Crippen molar-refractivity contribution >= 4 is 34.5 Å². The molecule has 126 valence electrons. The predicted octanol–water partition coefficient (Wildman–Crippen LogP) is 3.65. The lowest BCUT2D eigenvalue weighted by Crippen LogP contribution is -2.19. The average Bonchev–Trinajstić information content (AvgIpc) is 3.25. The highest BCUT2D eigenvalue weighted by Crippen LogP contribution is 2.20. The van der Waals surface area contributed by atoms with Crippen molar-refractivity contribution < 1.29 is 9.59 Å². The quantitative estimate of drug-likeness (QED) is 0.813. The van der Waals surface area contributed by atoms with Gasteiger partial charge in [0.25, 0.3) is 0 Å². The molecule has 3 rings (SSSR count). The lowest BCUT2D eigenvalue weighted by atomic mass is 10.2. The van der Waals surface area contributed by atoms with Gasteiger partial charge in [-0.25, -0.2) is 4.98 Å². The Hall–Kier alpha value is -2.21. The molecule has 6 heteroatoms. The van der Waals surface area contributed by atoms with Crippen molar-refractivity contribution in [2.45, 2.75) is 32.6 Å². The van der Waals surface area contributed by atoms with Gasteiger partial charge in [0.15, 0.2) is 5.78 Å². The van der Waals surface area contributed by atoms with E-state index in [1.807, 2.05) is 31.2 Å². The zero-order chi connectivity index (χ0) is 16.9. The summed E-state index contributed by atoms with van der Waals surface area (Å²) in [6.07, 6.45) is 4.50. The minimum absolute atomic E-state index is 0.0192. The van der Waals surface area contributed by atoms with E-state index in [-0.39, 0.29) is 24.5 Å². The highest BCUT2D eigenvalue weighted by Gasteiger charge is 2.14. The van der Waals surface area contributed by atoms with Gasteiger partial charge < -0.3 is 10.2 Å². The van der Waals surface area contributed by atoms with E-state index in [1.165, 1.54) is 24.2 Å². The van der Waals surface area contributed by atoms with Crippen molar-refractivity contribution in [2.24, 2.45) is 0 Å². The van der Waals surface area contributed by atoms with E-state index in [2.05, 4.69) is 15.2 Å². The highest BCUT2D eigenvalue weighted by molar-refractivity contribution is 7.14. The van der Waals surface area contributed by atoms with E-state index >= 15 is 0 Å². The summed E-state index contributed by atoms with van der Waals surface area (Å²) in [6.45, 7) is 4.05. The first kappa shape index (κ1) is 16.6. The molecule has 1 saturated heterocycles. The van der Waals surface area contributed by atoms with Crippen LogP contribution in [0.2, 0.25) is 0 Å². The van der Waals surface area contributed by atoms with E-state index in [0.717, 1.165) is 28.7 Å². The number of Topliss-reactive ketones (excluding diaryl/α,β-unsaturated/α-hetero) is 1. The van der Waals surface area contributed by atoms with Gasteiger partial charge in [0.2, 0.25) is 5.91 Å². The number of thiophene rings is 1. The van der Waals surface area contributed by atoms with E-state index in [1.54, 1.807) is 6.20 Å². The smallest absolute Gasteiger partial charge is 0.224 e. The molecule has 1 aliphatic rings. The Balaban J connectivity index is 1.48. The molecular formula is C18H21N3O2S. The number of carbonyl (C=O) groups is 2. The first-order valence-corrected chi connectivity index (χ1v) is 9.04. The van der Waals surface area contributed by atoms with Gasteiger partial charge in [-0.2, -0.15) is 0 Å². The second-order valence-electron chi connectivity index (χ2n) is 5.98. The molecule has 3 heterocycles. The standard InChI is InChI=1S/C18H21N3O2S/c1-13-4-7-16(24-13)15(22)6-9-18(23)20-14-5-8-17(19-12-14)21-10-2-3-11-21/h4-5,7-8,12H,2-3,6,9-11H2,1H3,(H,20,23). The highest BCUT2D eigenvalue weighted by atomic mass is 32.1. The van der Waals surface area contributed by atoms with Crippen LogP contribution in [0.5, 0.6) is 0 Å². The molecule has 1 amide bonds. The summed E-state index contributed by atoms with van der Waals surface area (Å²) in [6, 6.07) is 7.54. The number of carbonyl (C=O) groups excluding carboxylic acids is 2. The van der Waals surface area contributed by atoms with Gasteiger partial charge in [0, 0.05) is 30.8 Å². The minimum Gasteiger partial charge on any atom is -0.357 e. The zero-order valence-corrected chi connectivity index (χ0v) is 14.6. The first-order chi connectivity index (χ1) is 11.6. The molecule has 1 N–H and O–H groups in total. The summed E-state index contributed by atoms with van der Waals surface area (Å²) in [4.78, 5) is 32.5. The van der Waals surface area contributed by atoms with Gasteiger partial charge in [0.05, 0.1) is 16.8 Å². The molecule has 0 saturated carbocycles. The SMILES string of the molecule is Cc1ccc(C(=O)CCC(=O)Nc2ccc(N3CCCC3)nc2)s1. The van der Waals surface area contributed by atoms with Crippen LogP contribution >= 0.6 is 11.3 Å². The van der Waals surface area contributed by atoms with Crippen LogP contribution in [0.15, 0.2) is 30.5 Å². The number of hydrogen-bond acceptors (Lipinski definition) is 5. The molecule has 0 aromatic carbocycles. The van der Waals surface area contributed by atoms with Gasteiger partial charge in [-0.15, -0.1) is 11.3 Å². The van der Waals surface area contributed by atoms with Crippen LogP contribution in [-0.2, 0) is 4.79 Å². The third kappa shape index (κ3) is 4.20. The molecule has 0 spiro atoms. The Morgan fingerprint density at radius 1 is 1.17 bits per heavy atom. The zero-order valence-electron chi connectivity index (χ0n) is 13.7. The largest absolute Gasteiger partial charge is 0.357 e. The number of ketones is 1. The first-order valence-electron chi connectivity index (χ1n) is 8.22. The van der Waals surface area contributed by atoms with Crippen LogP contribution < -0.4 is 10.2 Å². The molecule has 0 aliphatic carbocycles. The number of aromatic nitrogens is 1. The normalized spacial score (nSPS) is 14.0. The molecule has 0 bridgehead atoms. The van der Waals surface area contributed by atoms with E-state index in [0.29, 0.717) is 5.69 Å². The number of amides is 1. The van der Waals surface area contributed by atoms with Crippen LogP contribution in [0, 0.1) is 6.92 Å². The van der Waals surface area contributed by atoms with Crippen molar-refractivity contribution in [3.63, 3.8) is 0 Å². The van der Waals surface area contributed by atoms with Crippen molar-refractivity contribution in [1.29, 1.82) is 0 Å². The topological polar surface area (TPSA) is 62.3 Å². The molecular weight excluding hydrogens is 322 g/mol. The summed E-state index contributed by atoms with van der Waals surface area (Å²) in [5, 5.41) is 2.80. The van der Waals surface area contributed by atoms with Crippen molar-refractivity contribution in [1.82, 2.24) is 4.98 Å². The monoisotopic (exact) mass is 343 g/mol. The molecule has 0 atom stereocenters. The van der Waals surface area contributed by atoms with Gasteiger partial charge in [0.1, 0.15) is 5.82 Å². The molecule has 24 heavy (non-hydrogen) atoms. The number of rotatable bonds is 6. The number of pyridine rings is 1. The summed E-state index contributed by atoms with van der Waals surface area (Å²) >= 11 is 1.47. The molecule has 2 aromatic heterocycles. The number of aryl methyl sites for hydroxylation is 1. The third-order valence-corrected chi connectivity index (χ3v) is 5.10. The summed E-state index contributed by atoms with van der Waals surface area (Å²) < 4.78 is 0. The van der Waals surface area contributed by atoms with Crippen molar-refractivity contribution in [3.05, 3.63) is 40.2 Å². The van der Waals surface area contributed by atoms with Crippen LogP contribution in [0.1, 0.15) is 40.2 Å². The Kier molecular flexibility index (Phi) is 5.25. The maximum Gasteiger partial charge on any atom is 0.224 e. The van der Waals surface area contributed by atoms with Crippen LogP contribution in [-0.4, -0.2) is 29.8 Å². The fourth-order valence-electron chi connectivity index (χ4n) is 2.75. The van der Waals surface area contributed by atoms with Gasteiger partial charge in [-0.1, -0.05) is 0 Å². The lowest BCUT2D eigenvalue weighted by molar-refractivity contribution is -0.116. The average molecular weight is 343 g/mol. The third-order valence-electron chi connectivity index (χ3n) is 4.06. The maximum absolute atomic E-state index is 12.0. The summed E-state index contributed by atoms with van der Waals surface area (Å²) in [5.41, 5.74) is 0.669. The fourth-order valence-corrected chi connectivity index (χ4v) is 3.59. The van der Waals surface area contributed by atoms with E-state index in [9.17, 15) is 9.59 Å². The van der Waals surface area contributed by atoms with E-state index in [4.69, 9.17) is 0 Å². The Morgan fingerprint density at radius 2 is 1.96 bits per heavy atom. The van der Waals surface area contributed by atoms with E-state index < -0.39 is 0 Å². The molecule has 5 nitrogen and oxygen atoms in total. The summed E-state index contributed by atoms with van der Waals surface area (Å²) in [7, 11) is 0. The van der Waals surface area contributed by atoms with Crippen LogP contribution in [0.25, 0.3) is 0 Å². The van der Waals surface area contributed by atoms with Crippen molar-refractivity contribution in [2.75, 3.05) is 23.3 Å².